The Balaban J connectivity index is 1.73. The van der Waals surface area contributed by atoms with Gasteiger partial charge in [0.15, 0.2) is 0 Å². The highest BCUT2D eigenvalue weighted by atomic mass is 16.6. The summed E-state index contributed by atoms with van der Waals surface area (Å²) in [6.45, 7) is 5.76. The number of alkyl carbamates (subject to hydrolysis) is 1. The number of allylic oxidation sites excluding steroid dienone is 3. The number of ether oxygens (including phenoxy) is 2. The number of carbonyl (C=O) groups excluding carboxylic acids is 1. The fourth-order valence-corrected chi connectivity index (χ4v) is 3.06. The van der Waals surface area contributed by atoms with E-state index in [-0.39, 0.29) is 18.3 Å². The second kappa shape index (κ2) is 8.37. The number of aromatic nitrogens is 2. The maximum absolute atomic E-state index is 12.3. The minimum Gasteiger partial charge on any atom is -0.491 e. The van der Waals surface area contributed by atoms with Gasteiger partial charge in [0.25, 0.3) is 0 Å². The first-order valence-electron chi connectivity index (χ1n) is 9.50. The second-order valence-electron chi connectivity index (χ2n) is 7.86. The molecule has 0 fully saturated rings. The topological polar surface area (TPSA) is 96.2 Å². The summed E-state index contributed by atoms with van der Waals surface area (Å²) in [4.78, 5) is 29.1. The molecule has 3 rings (SSSR count). The quantitative estimate of drug-likeness (QED) is 0.729. The van der Waals surface area contributed by atoms with E-state index in [1.807, 2.05) is 32.9 Å². The van der Waals surface area contributed by atoms with Gasteiger partial charge in [0.2, 0.25) is 0 Å². The Morgan fingerprint density at radius 1 is 1.25 bits per heavy atom. The number of amides is 1. The van der Waals surface area contributed by atoms with Crippen molar-refractivity contribution in [2.24, 2.45) is 0 Å². The van der Waals surface area contributed by atoms with Crippen LogP contribution in [0, 0.1) is 0 Å². The van der Waals surface area contributed by atoms with Crippen molar-refractivity contribution in [3.05, 3.63) is 52.5 Å². The molecular formula is C21H27N3O4. The molecule has 1 aliphatic carbocycles. The molecule has 1 aromatic heterocycles. The van der Waals surface area contributed by atoms with Crippen molar-refractivity contribution in [1.29, 1.82) is 0 Å². The lowest BCUT2D eigenvalue weighted by atomic mass is 10.0. The number of aromatic amines is 2. The van der Waals surface area contributed by atoms with E-state index >= 15 is 0 Å². The highest BCUT2D eigenvalue weighted by Crippen LogP contribution is 2.20. The first kappa shape index (κ1) is 19.8. The van der Waals surface area contributed by atoms with E-state index in [0.717, 1.165) is 30.4 Å². The lowest BCUT2D eigenvalue weighted by molar-refractivity contribution is 0.0497. The van der Waals surface area contributed by atoms with Crippen LogP contribution in [-0.4, -0.2) is 34.3 Å². The van der Waals surface area contributed by atoms with Gasteiger partial charge in [-0.15, -0.1) is 0 Å². The molecule has 7 nitrogen and oxygen atoms in total. The SMILES string of the molecule is CC(C)(C)OC(=O)NC(COc1ccc2[nH]c(=O)[nH]c2c1)C1=CC=CCCC1. The number of hydrogen-bond acceptors (Lipinski definition) is 4. The first-order valence-corrected chi connectivity index (χ1v) is 9.50. The largest absolute Gasteiger partial charge is 0.491 e. The van der Waals surface area contributed by atoms with Crippen molar-refractivity contribution in [1.82, 2.24) is 15.3 Å². The summed E-state index contributed by atoms with van der Waals surface area (Å²) in [6, 6.07) is 5.03. The van der Waals surface area contributed by atoms with Gasteiger partial charge < -0.3 is 24.8 Å². The Hall–Kier alpha value is -2.96. The van der Waals surface area contributed by atoms with Crippen molar-refractivity contribution in [3.63, 3.8) is 0 Å². The van der Waals surface area contributed by atoms with Crippen LogP contribution in [0.2, 0.25) is 0 Å². The van der Waals surface area contributed by atoms with Crippen molar-refractivity contribution in [2.75, 3.05) is 6.61 Å². The van der Waals surface area contributed by atoms with Crippen LogP contribution in [0.15, 0.2) is 46.8 Å². The molecule has 0 radical (unpaired) electrons. The lowest BCUT2D eigenvalue weighted by Crippen LogP contribution is -2.43. The van der Waals surface area contributed by atoms with E-state index in [1.54, 1.807) is 18.2 Å². The molecule has 3 N–H and O–H groups in total. The molecule has 2 aromatic rings. The van der Waals surface area contributed by atoms with E-state index in [1.165, 1.54) is 0 Å². The summed E-state index contributed by atoms with van der Waals surface area (Å²) < 4.78 is 11.3. The zero-order chi connectivity index (χ0) is 20.1. The third-order valence-corrected chi connectivity index (χ3v) is 4.33. The van der Waals surface area contributed by atoms with Gasteiger partial charge in [0.1, 0.15) is 18.0 Å². The minimum absolute atomic E-state index is 0.257. The molecule has 0 bridgehead atoms. The Morgan fingerprint density at radius 2 is 2.04 bits per heavy atom. The molecule has 1 aromatic carbocycles. The molecule has 1 heterocycles. The Labute approximate surface area is 163 Å². The maximum Gasteiger partial charge on any atom is 0.408 e. The lowest BCUT2D eigenvalue weighted by Gasteiger charge is -2.25. The van der Waals surface area contributed by atoms with E-state index in [2.05, 4.69) is 21.4 Å². The van der Waals surface area contributed by atoms with Crippen molar-refractivity contribution in [2.45, 2.75) is 51.7 Å². The average molecular weight is 385 g/mol. The van der Waals surface area contributed by atoms with E-state index < -0.39 is 11.7 Å². The third kappa shape index (κ3) is 5.52. The van der Waals surface area contributed by atoms with Crippen molar-refractivity contribution in [3.8, 4) is 5.75 Å². The third-order valence-electron chi connectivity index (χ3n) is 4.33. The second-order valence-corrected chi connectivity index (χ2v) is 7.86. The fraction of sp³-hybridized carbons (Fsp3) is 0.429. The van der Waals surface area contributed by atoms with Gasteiger partial charge in [0, 0.05) is 6.07 Å². The van der Waals surface area contributed by atoms with Gasteiger partial charge in [0.05, 0.1) is 17.1 Å². The maximum atomic E-state index is 12.3. The van der Waals surface area contributed by atoms with Crippen LogP contribution in [0.25, 0.3) is 11.0 Å². The fourth-order valence-electron chi connectivity index (χ4n) is 3.06. The monoisotopic (exact) mass is 385 g/mol. The molecule has 1 unspecified atom stereocenters. The molecule has 1 amide bonds. The van der Waals surface area contributed by atoms with Gasteiger partial charge in [-0.25, -0.2) is 9.59 Å². The predicted octanol–water partition coefficient (Wildman–Crippen LogP) is 3.79. The first-order chi connectivity index (χ1) is 13.3. The van der Waals surface area contributed by atoms with Gasteiger partial charge in [-0.1, -0.05) is 18.2 Å². The summed E-state index contributed by atoms with van der Waals surface area (Å²) >= 11 is 0. The van der Waals surface area contributed by atoms with Gasteiger partial charge in [-0.3, -0.25) is 0 Å². The van der Waals surface area contributed by atoms with E-state index in [9.17, 15) is 9.59 Å². The molecule has 0 spiro atoms. The molecular weight excluding hydrogens is 358 g/mol. The summed E-state index contributed by atoms with van der Waals surface area (Å²) in [7, 11) is 0. The standard InChI is InChI=1S/C21H27N3O4/c1-21(2,3)28-20(26)24-18(14-8-6-4-5-7-9-14)13-27-15-10-11-16-17(12-15)23-19(25)22-16/h4,6,8,10-12,18H,5,7,9,13H2,1-3H3,(H,24,26)(H2,22,23,25). The van der Waals surface area contributed by atoms with Gasteiger partial charge in [-0.05, 0) is 57.7 Å². The molecule has 0 saturated heterocycles. The molecule has 1 aliphatic rings. The number of H-pyrrole nitrogens is 2. The number of carbonyl (C=O) groups is 1. The summed E-state index contributed by atoms with van der Waals surface area (Å²) in [5, 5.41) is 2.93. The van der Waals surface area contributed by atoms with E-state index in [4.69, 9.17) is 9.47 Å². The summed E-state index contributed by atoms with van der Waals surface area (Å²) in [5.41, 5.74) is 1.66. The Kier molecular flexibility index (Phi) is 5.92. The van der Waals surface area contributed by atoms with Crippen LogP contribution >= 0.6 is 0 Å². The number of imidazole rings is 1. The van der Waals surface area contributed by atoms with Crippen molar-refractivity contribution >= 4 is 17.1 Å². The normalized spacial score (nSPS) is 15.6. The van der Waals surface area contributed by atoms with Crippen LogP contribution in [0.3, 0.4) is 0 Å². The average Bonchev–Trinajstić information content (AvgIpc) is 2.79. The molecule has 0 saturated carbocycles. The highest BCUT2D eigenvalue weighted by Gasteiger charge is 2.22. The van der Waals surface area contributed by atoms with Gasteiger partial charge in [-0.2, -0.15) is 0 Å². The Bertz CT molecular complexity index is 946. The van der Waals surface area contributed by atoms with Crippen molar-refractivity contribution < 1.29 is 14.3 Å². The Morgan fingerprint density at radius 3 is 2.82 bits per heavy atom. The molecule has 0 aliphatic heterocycles. The molecule has 7 heteroatoms. The number of nitrogens with one attached hydrogen (secondary N) is 3. The van der Waals surface area contributed by atoms with Crippen LogP contribution in [-0.2, 0) is 4.74 Å². The minimum atomic E-state index is -0.571. The number of fused-ring (bicyclic) bond motifs is 1. The zero-order valence-electron chi connectivity index (χ0n) is 16.5. The summed E-state index contributed by atoms with van der Waals surface area (Å²) in [6.07, 6.45) is 8.60. The zero-order valence-corrected chi connectivity index (χ0v) is 16.5. The van der Waals surface area contributed by atoms with Crippen LogP contribution in [0.4, 0.5) is 4.79 Å². The summed E-state index contributed by atoms with van der Waals surface area (Å²) in [5.74, 6) is 0.614. The predicted molar refractivity (Wildman–Crippen MR) is 109 cm³/mol. The van der Waals surface area contributed by atoms with E-state index in [0.29, 0.717) is 11.3 Å². The number of benzene rings is 1. The number of hydrogen-bond donors (Lipinski definition) is 3. The van der Waals surface area contributed by atoms with Crippen LogP contribution < -0.4 is 15.7 Å². The molecule has 28 heavy (non-hydrogen) atoms. The van der Waals surface area contributed by atoms with Crippen LogP contribution in [0.5, 0.6) is 5.75 Å². The highest BCUT2D eigenvalue weighted by molar-refractivity contribution is 5.76. The molecule has 1 atom stereocenters. The van der Waals surface area contributed by atoms with Crippen LogP contribution in [0.1, 0.15) is 40.0 Å². The number of rotatable bonds is 5. The molecule has 150 valence electrons. The smallest absolute Gasteiger partial charge is 0.408 e. The van der Waals surface area contributed by atoms with Gasteiger partial charge >= 0.3 is 11.8 Å².